The summed E-state index contributed by atoms with van der Waals surface area (Å²) in [6.07, 6.45) is 0. The molecule has 4 rings (SSSR count). The number of Topliss-reactive ketones (excluding diaryl/α,β-unsaturated/α-hetero) is 1. The summed E-state index contributed by atoms with van der Waals surface area (Å²) >= 11 is 1.49. The van der Waals surface area contributed by atoms with Gasteiger partial charge in [-0.2, -0.15) is 0 Å². The van der Waals surface area contributed by atoms with Crippen molar-refractivity contribution < 1.29 is 14.7 Å². The first-order valence-corrected chi connectivity index (χ1v) is 11.1. The zero-order chi connectivity index (χ0) is 22.4. The monoisotopic (exact) mass is 431 g/mol. The molecule has 0 aliphatic carbocycles. The molecule has 4 nitrogen and oxygen atoms in total. The molecule has 1 aliphatic heterocycles. The van der Waals surface area contributed by atoms with Gasteiger partial charge in [0, 0.05) is 16.1 Å². The molecule has 1 N–H and O–H groups in total. The number of carbonyl (C=O) groups excluding carboxylic acids is 2. The topological polar surface area (TPSA) is 57.6 Å². The van der Waals surface area contributed by atoms with Crippen molar-refractivity contribution in [2.24, 2.45) is 0 Å². The zero-order valence-electron chi connectivity index (χ0n) is 18.3. The van der Waals surface area contributed by atoms with Gasteiger partial charge in [0.15, 0.2) is 0 Å². The van der Waals surface area contributed by atoms with Gasteiger partial charge in [0.2, 0.25) is 0 Å². The van der Waals surface area contributed by atoms with Gasteiger partial charge in [-0.05, 0) is 92.1 Å². The number of ketones is 1. The fraction of sp³-hybridized carbons (Fsp3) is 0.231. The van der Waals surface area contributed by atoms with E-state index in [0.717, 1.165) is 32.7 Å². The van der Waals surface area contributed by atoms with E-state index in [9.17, 15) is 14.7 Å². The molecule has 2 heterocycles. The van der Waals surface area contributed by atoms with E-state index < -0.39 is 17.7 Å². The van der Waals surface area contributed by atoms with Crippen LogP contribution in [0.1, 0.15) is 44.3 Å². The lowest BCUT2D eigenvalue weighted by Gasteiger charge is -2.25. The maximum Gasteiger partial charge on any atom is 0.300 e. The number of rotatable bonds is 3. The Balaban J connectivity index is 1.96. The number of hydrogen-bond acceptors (Lipinski definition) is 4. The number of aliphatic hydroxyl groups is 1. The number of nitrogens with zero attached hydrogens (tertiary/aromatic N) is 1. The van der Waals surface area contributed by atoms with E-state index in [0.29, 0.717) is 11.3 Å². The van der Waals surface area contributed by atoms with Crippen molar-refractivity contribution >= 4 is 34.5 Å². The molecular weight excluding hydrogens is 406 g/mol. The number of carbonyl (C=O) groups is 2. The Morgan fingerprint density at radius 1 is 0.839 bits per heavy atom. The van der Waals surface area contributed by atoms with Crippen molar-refractivity contribution in [1.82, 2.24) is 0 Å². The van der Waals surface area contributed by atoms with Crippen LogP contribution in [0.25, 0.3) is 5.76 Å². The molecule has 1 amide bonds. The summed E-state index contributed by atoms with van der Waals surface area (Å²) in [6.45, 7) is 9.90. The summed E-state index contributed by atoms with van der Waals surface area (Å²) < 4.78 is 0. The molecule has 5 heteroatoms. The standard InChI is InChI=1S/C26H25NO3S/c1-14-6-8-19(12-17(14)4)23(28)21-22(25-16(3)10-11-31-25)27(26(30)24(21)29)20-9-7-15(2)18(5)13-20/h6-13,22,28H,1-5H3/b23-21-. The third-order valence-electron chi connectivity index (χ3n) is 6.14. The van der Waals surface area contributed by atoms with Crippen LogP contribution >= 0.6 is 11.3 Å². The van der Waals surface area contributed by atoms with Gasteiger partial charge in [-0.1, -0.05) is 18.2 Å². The summed E-state index contributed by atoms with van der Waals surface area (Å²) in [5.41, 5.74) is 6.57. The normalized spacial score (nSPS) is 18.1. The lowest BCUT2D eigenvalue weighted by molar-refractivity contribution is -0.132. The first kappa shape index (κ1) is 21.1. The fourth-order valence-electron chi connectivity index (χ4n) is 3.93. The lowest BCUT2D eigenvalue weighted by atomic mass is 9.96. The number of thiophene rings is 1. The van der Waals surface area contributed by atoms with Crippen molar-refractivity contribution in [2.45, 2.75) is 40.7 Å². The van der Waals surface area contributed by atoms with Gasteiger partial charge in [-0.3, -0.25) is 14.5 Å². The summed E-state index contributed by atoms with van der Waals surface area (Å²) in [5.74, 6) is -1.41. The van der Waals surface area contributed by atoms with Crippen molar-refractivity contribution in [1.29, 1.82) is 0 Å². The second-order valence-corrected chi connectivity index (χ2v) is 9.15. The van der Waals surface area contributed by atoms with Gasteiger partial charge in [0.25, 0.3) is 11.7 Å². The highest BCUT2D eigenvalue weighted by atomic mass is 32.1. The highest BCUT2D eigenvalue weighted by Crippen LogP contribution is 2.45. The highest BCUT2D eigenvalue weighted by Gasteiger charge is 2.48. The first-order chi connectivity index (χ1) is 14.7. The molecule has 1 fully saturated rings. The van der Waals surface area contributed by atoms with Crippen LogP contribution in [0.2, 0.25) is 0 Å². The molecule has 1 unspecified atom stereocenters. The highest BCUT2D eigenvalue weighted by molar-refractivity contribution is 7.10. The van der Waals surface area contributed by atoms with Crippen LogP contribution in [0.4, 0.5) is 5.69 Å². The molecule has 31 heavy (non-hydrogen) atoms. The molecule has 158 valence electrons. The predicted octanol–water partition coefficient (Wildman–Crippen LogP) is 5.92. The lowest BCUT2D eigenvalue weighted by Crippen LogP contribution is -2.29. The molecule has 2 aromatic carbocycles. The Hall–Kier alpha value is -3.18. The Bertz CT molecular complexity index is 1250. The SMILES string of the molecule is Cc1ccc(/C(O)=C2/C(=O)C(=O)N(c3ccc(C)c(C)c3)C2c2sccc2C)cc1C. The maximum absolute atomic E-state index is 13.2. The van der Waals surface area contributed by atoms with Crippen molar-refractivity contribution in [2.75, 3.05) is 4.90 Å². The van der Waals surface area contributed by atoms with E-state index in [1.165, 1.54) is 16.2 Å². The van der Waals surface area contributed by atoms with Crippen molar-refractivity contribution in [3.05, 3.63) is 91.7 Å². The number of benzene rings is 2. The number of aryl methyl sites for hydroxylation is 5. The van der Waals surface area contributed by atoms with Crippen LogP contribution in [0.15, 0.2) is 53.4 Å². The van der Waals surface area contributed by atoms with Crippen LogP contribution in [0.3, 0.4) is 0 Å². The minimum Gasteiger partial charge on any atom is -0.507 e. The van der Waals surface area contributed by atoms with Crippen LogP contribution < -0.4 is 4.90 Å². The molecule has 0 radical (unpaired) electrons. The predicted molar refractivity (Wildman–Crippen MR) is 126 cm³/mol. The van der Waals surface area contributed by atoms with Gasteiger partial charge in [0.1, 0.15) is 11.8 Å². The van der Waals surface area contributed by atoms with E-state index in [1.54, 1.807) is 6.07 Å². The molecule has 3 aromatic rings. The third kappa shape index (κ3) is 3.49. The average molecular weight is 432 g/mol. The summed E-state index contributed by atoms with van der Waals surface area (Å²) in [5, 5.41) is 13.2. The Labute approximate surface area is 186 Å². The number of amides is 1. The minimum atomic E-state index is -0.663. The second-order valence-electron chi connectivity index (χ2n) is 8.20. The number of anilines is 1. The van der Waals surface area contributed by atoms with Crippen LogP contribution in [-0.4, -0.2) is 16.8 Å². The smallest absolute Gasteiger partial charge is 0.300 e. The van der Waals surface area contributed by atoms with E-state index in [2.05, 4.69) is 0 Å². The number of aliphatic hydroxyl groups excluding tert-OH is 1. The van der Waals surface area contributed by atoms with Crippen molar-refractivity contribution in [3.8, 4) is 0 Å². The fourth-order valence-corrected chi connectivity index (χ4v) is 4.96. The van der Waals surface area contributed by atoms with Gasteiger partial charge in [0.05, 0.1) is 5.57 Å². The number of hydrogen-bond donors (Lipinski definition) is 1. The minimum absolute atomic E-state index is 0.134. The average Bonchev–Trinajstić information content (AvgIpc) is 3.26. The molecule has 0 bridgehead atoms. The van der Waals surface area contributed by atoms with Gasteiger partial charge >= 0.3 is 0 Å². The molecule has 1 atom stereocenters. The van der Waals surface area contributed by atoms with Gasteiger partial charge < -0.3 is 5.11 Å². The maximum atomic E-state index is 13.2. The summed E-state index contributed by atoms with van der Waals surface area (Å²) in [7, 11) is 0. The molecule has 1 aromatic heterocycles. The molecule has 1 saturated heterocycles. The third-order valence-corrected chi connectivity index (χ3v) is 7.21. The Kier molecular flexibility index (Phi) is 5.31. The zero-order valence-corrected chi connectivity index (χ0v) is 19.1. The molecular formula is C26H25NO3S. The Morgan fingerprint density at radius 2 is 1.48 bits per heavy atom. The summed E-state index contributed by atoms with van der Waals surface area (Å²) in [6, 6.07) is 12.6. The molecule has 1 aliphatic rings. The molecule has 0 saturated carbocycles. The van der Waals surface area contributed by atoms with E-state index in [4.69, 9.17) is 0 Å². The van der Waals surface area contributed by atoms with Crippen molar-refractivity contribution in [3.63, 3.8) is 0 Å². The second kappa shape index (κ2) is 7.82. The summed E-state index contributed by atoms with van der Waals surface area (Å²) in [4.78, 5) is 28.8. The van der Waals surface area contributed by atoms with Gasteiger partial charge in [-0.15, -0.1) is 11.3 Å². The van der Waals surface area contributed by atoms with Crippen LogP contribution in [0, 0.1) is 34.6 Å². The van der Waals surface area contributed by atoms with Gasteiger partial charge in [-0.25, -0.2) is 0 Å². The van der Waals surface area contributed by atoms with E-state index in [-0.39, 0.29) is 11.3 Å². The van der Waals surface area contributed by atoms with E-state index in [1.807, 2.05) is 76.4 Å². The Morgan fingerprint density at radius 3 is 2.06 bits per heavy atom. The van der Waals surface area contributed by atoms with E-state index >= 15 is 0 Å². The first-order valence-electron chi connectivity index (χ1n) is 10.2. The molecule has 0 spiro atoms. The van der Waals surface area contributed by atoms with Crippen LogP contribution in [-0.2, 0) is 9.59 Å². The largest absolute Gasteiger partial charge is 0.507 e. The van der Waals surface area contributed by atoms with Crippen LogP contribution in [0.5, 0.6) is 0 Å². The quantitative estimate of drug-likeness (QED) is 0.318.